The fraction of sp³-hybridized carbons (Fsp3) is 0.333. The Morgan fingerprint density at radius 1 is 1.03 bits per heavy atom. The molecule has 2 amide bonds. The highest BCUT2D eigenvalue weighted by Gasteiger charge is 2.22. The van der Waals surface area contributed by atoms with Crippen LogP contribution >= 0.6 is 0 Å². The monoisotopic (exact) mass is 465 g/mol. The van der Waals surface area contributed by atoms with Crippen molar-refractivity contribution < 1.29 is 19.1 Å². The summed E-state index contributed by atoms with van der Waals surface area (Å²) >= 11 is 0. The number of nitrogens with zero attached hydrogens (tertiary/aromatic N) is 3. The van der Waals surface area contributed by atoms with Crippen LogP contribution in [0.4, 0.5) is 0 Å². The second-order valence-electron chi connectivity index (χ2n) is 7.94. The number of methoxy groups -OCH3 is 2. The van der Waals surface area contributed by atoms with Crippen LogP contribution in [0.5, 0.6) is 11.5 Å². The molecular formula is C24H27N5O5. The van der Waals surface area contributed by atoms with Gasteiger partial charge in [-0.15, -0.1) is 0 Å². The average Bonchev–Trinajstić information content (AvgIpc) is 2.87. The van der Waals surface area contributed by atoms with E-state index in [9.17, 15) is 14.4 Å². The van der Waals surface area contributed by atoms with Crippen LogP contribution in [0.25, 0.3) is 10.9 Å². The Hall–Kier alpha value is -3.92. The number of para-hydroxylation sites is 1. The van der Waals surface area contributed by atoms with Gasteiger partial charge >= 0.3 is 0 Å². The van der Waals surface area contributed by atoms with Gasteiger partial charge < -0.3 is 24.7 Å². The van der Waals surface area contributed by atoms with Crippen molar-refractivity contribution in [3.05, 3.63) is 64.2 Å². The van der Waals surface area contributed by atoms with Crippen molar-refractivity contribution >= 4 is 22.7 Å². The van der Waals surface area contributed by atoms with E-state index in [2.05, 4.69) is 20.2 Å². The zero-order valence-corrected chi connectivity index (χ0v) is 19.2. The Balaban J connectivity index is 1.27. The van der Waals surface area contributed by atoms with Gasteiger partial charge in [0.25, 0.3) is 11.5 Å². The molecule has 1 aliphatic rings. The van der Waals surface area contributed by atoms with E-state index in [4.69, 9.17) is 9.47 Å². The zero-order valence-electron chi connectivity index (χ0n) is 19.2. The Labute approximate surface area is 196 Å². The highest BCUT2D eigenvalue weighted by Crippen LogP contribution is 2.27. The predicted molar refractivity (Wildman–Crippen MR) is 126 cm³/mol. The summed E-state index contributed by atoms with van der Waals surface area (Å²) < 4.78 is 10.4. The summed E-state index contributed by atoms with van der Waals surface area (Å²) in [6.07, 6.45) is 0. The third kappa shape index (κ3) is 5.18. The van der Waals surface area contributed by atoms with E-state index in [0.717, 1.165) is 0 Å². The van der Waals surface area contributed by atoms with Crippen LogP contribution in [0.2, 0.25) is 0 Å². The van der Waals surface area contributed by atoms with Crippen molar-refractivity contribution in [1.82, 2.24) is 25.1 Å². The molecule has 0 aliphatic carbocycles. The number of aromatic amines is 1. The normalized spacial score (nSPS) is 14.1. The molecule has 10 heteroatoms. The van der Waals surface area contributed by atoms with Gasteiger partial charge in [-0.05, 0) is 30.3 Å². The highest BCUT2D eigenvalue weighted by atomic mass is 16.5. The summed E-state index contributed by atoms with van der Waals surface area (Å²) in [5.74, 6) is 1.06. The van der Waals surface area contributed by atoms with Crippen LogP contribution in [0.1, 0.15) is 16.2 Å². The van der Waals surface area contributed by atoms with Crippen LogP contribution in [0, 0.1) is 0 Å². The second-order valence-corrected chi connectivity index (χ2v) is 7.94. The molecule has 1 fully saturated rings. The van der Waals surface area contributed by atoms with Crippen LogP contribution in [-0.4, -0.2) is 78.5 Å². The minimum Gasteiger partial charge on any atom is -0.493 e. The molecule has 0 spiro atoms. The molecule has 34 heavy (non-hydrogen) atoms. The summed E-state index contributed by atoms with van der Waals surface area (Å²) in [5.41, 5.74) is 0.895. The molecule has 2 aromatic carbocycles. The maximum atomic E-state index is 12.6. The molecule has 0 unspecified atom stereocenters. The number of amides is 2. The Morgan fingerprint density at radius 2 is 1.76 bits per heavy atom. The predicted octanol–water partition coefficient (Wildman–Crippen LogP) is 1.01. The van der Waals surface area contributed by atoms with Gasteiger partial charge in [-0.25, -0.2) is 4.98 Å². The van der Waals surface area contributed by atoms with E-state index in [1.807, 2.05) is 18.2 Å². The van der Waals surface area contributed by atoms with Crippen molar-refractivity contribution in [1.29, 1.82) is 0 Å². The van der Waals surface area contributed by atoms with Gasteiger partial charge in [0, 0.05) is 31.7 Å². The molecule has 1 aliphatic heterocycles. The van der Waals surface area contributed by atoms with E-state index in [-0.39, 0.29) is 23.9 Å². The second kappa shape index (κ2) is 10.3. The fourth-order valence-corrected chi connectivity index (χ4v) is 3.92. The largest absolute Gasteiger partial charge is 0.493 e. The lowest BCUT2D eigenvalue weighted by atomic mass is 10.2. The van der Waals surface area contributed by atoms with E-state index in [0.29, 0.717) is 66.5 Å². The minimum absolute atomic E-state index is 0.0905. The molecule has 0 radical (unpaired) electrons. The van der Waals surface area contributed by atoms with Crippen LogP contribution in [-0.2, 0) is 11.3 Å². The van der Waals surface area contributed by atoms with Crippen LogP contribution in [0.15, 0.2) is 47.3 Å². The summed E-state index contributed by atoms with van der Waals surface area (Å²) in [7, 11) is 3.02. The fourth-order valence-electron chi connectivity index (χ4n) is 3.92. The Kier molecular flexibility index (Phi) is 7.07. The van der Waals surface area contributed by atoms with E-state index in [1.54, 1.807) is 29.2 Å². The summed E-state index contributed by atoms with van der Waals surface area (Å²) in [6, 6.07) is 12.1. The number of aromatic nitrogens is 2. The molecule has 10 nitrogen and oxygen atoms in total. The lowest BCUT2D eigenvalue weighted by molar-refractivity contribution is -0.131. The van der Waals surface area contributed by atoms with Crippen molar-refractivity contribution in [2.75, 3.05) is 46.9 Å². The first kappa shape index (κ1) is 23.2. The van der Waals surface area contributed by atoms with Gasteiger partial charge in [0.1, 0.15) is 5.82 Å². The minimum atomic E-state index is -0.362. The molecule has 178 valence electrons. The number of H-pyrrole nitrogens is 1. The molecule has 0 bridgehead atoms. The average molecular weight is 466 g/mol. The zero-order chi connectivity index (χ0) is 24.1. The standard InChI is InChI=1S/C24H27N5O5/c1-33-19-8-7-16(13-20(19)34-2)23(31)25-14-22(30)29-11-9-28(10-12-29)15-21-26-18-6-4-3-5-17(18)24(32)27-21/h3-8,13H,9-12,14-15H2,1-2H3,(H,25,31)(H,26,27,32). The van der Waals surface area contributed by atoms with Crippen LogP contribution in [0.3, 0.4) is 0 Å². The number of piperazine rings is 1. The summed E-state index contributed by atoms with van der Waals surface area (Å²) in [6.45, 7) is 2.76. The number of carbonyl (C=O) groups excluding carboxylic acids is 2. The number of hydrogen-bond acceptors (Lipinski definition) is 7. The molecule has 3 aromatic rings. The van der Waals surface area contributed by atoms with Gasteiger partial charge in [0.05, 0.1) is 38.2 Å². The maximum Gasteiger partial charge on any atom is 0.258 e. The van der Waals surface area contributed by atoms with E-state index >= 15 is 0 Å². The van der Waals surface area contributed by atoms with Gasteiger partial charge in [-0.2, -0.15) is 0 Å². The highest BCUT2D eigenvalue weighted by molar-refractivity contribution is 5.97. The van der Waals surface area contributed by atoms with E-state index < -0.39 is 0 Å². The number of nitrogens with one attached hydrogen (secondary N) is 2. The molecule has 0 saturated carbocycles. The molecule has 4 rings (SSSR count). The quantitative estimate of drug-likeness (QED) is 0.535. The lowest BCUT2D eigenvalue weighted by Crippen LogP contribution is -2.51. The third-order valence-electron chi connectivity index (χ3n) is 5.81. The molecule has 1 aromatic heterocycles. The van der Waals surface area contributed by atoms with Gasteiger partial charge in [-0.3, -0.25) is 19.3 Å². The molecule has 2 N–H and O–H groups in total. The number of carbonyl (C=O) groups is 2. The number of fused-ring (bicyclic) bond motifs is 1. The lowest BCUT2D eigenvalue weighted by Gasteiger charge is -2.34. The van der Waals surface area contributed by atoms with Crippen molar-refractivity contribution in [2.45, 2.75) is 6.54 Å². The first-order valence-corrected chi connectivity index (χ1v) is 11.0. The SMILES string of the molecule is COc1ccc(C(=O)NCC(=O)N2CCN(Cc3nc4ccccc4c(=O)[nH]3)CC2)cc1OC. The topological polar surface area (TPSA) is 117 Å². The van der Waals surface area contributed by atoms with Gasteiger partial charge in [0.15, 0.2) is 11.5 Å². The Bertz CT molecular complexity index is 1250. The molecule has 2 heterocycles. The number of rotatable bonds is 7. The van der Waals surface area contributed by atoms with Gasteiger partial charge in [0.2, 0.25) is 5.91 Å². The van der Waals surface area contributed by atoms with Crippen LogP contribution < -0.4 is 20.3 Å². The smallest absolute Gasteiger partial charge is 0.258 e. The number of hydrogen-bond donors (Lipinski definition) is 2. The van der Waals surface area contributed by atoms with Crippen molar-refractivity contribution in [2.24, 2.45) is 0 Å². The summed E-state index contributed by atoms with van der Waals surface area (Å²) in [5, 5.41) is 3.24. The summed E-state index contributed by atoms with van der Waals surface area (Å²) in [4.78, 5) is 48.6. The molecule has 0 atom stereocenters. The van der Waals surface area contributed by atoms with Crippen molar-refractivity contribution in [3.8, 4) is 11.5 Å². The van der Waals surface area contributed by atoms with Gasteiger partial charge in [-0.1, -0.05) is 12.1 Å². The first-order valence-electron chi connectivity index (χ1n) is 11.0. The van der Waals surface area contributed by atoms with Crippen molar-refractivity contribution in [3.63, 3.8) is 0 Å². The Morgan fingerprint density at radius 3 is 2.50 bits per heavy atom. The first-order chi connectivity index (χ1) is 16.5. The number of benzene rings is 2. The molecule has 1 saturated heterocycles. The maximum absolute atomic E-state index is 12.6. The third-order valence-corrected chi connectivity index (χ3v) is 5.81. The van der Waals surface area contributed by atoms with E-state index in [1.165, 1.54) is 14.2 Å². The molecular weight excluding hydrogens is 438 g/mol. The number of ether oxygens (including phenoxy) is 2.